The topological polar surface area (TPSA) is 43.1 Å². The molecule has 0 saturated carbocycles. The summed E-state index contributed by atoms with van der Waals surface area (Å²) in [4.78, 5) is 10.3. The normalized spacial score (nSPS) is 10.7. The Labute approximate surface area is 88.0 Å². The predicted molar refractivity (Wildman–Crippen MR) is 60.7 cm³/mol. The molecule has 0 aromatic heterocycles. The van der Waals surface area contributed by atoms with E-state index in [0.717, 1.165) is 5.56 Å². The van der Waals surface area contributed by atoms with Gasteiger partial charge in [0.15, 0.2) is 0 Å². The van der Waals surface area contributed by atoms with Gasteiger partial charge < -0.3 is 0 Å². The van der Waals surface area contributed by atoms with Crippen LogP contribution >= 0.6 is 12.6 Å². The lowest BCUT2D eigenvalue weighted by molar-refractivity contribution is -0.385. The highest BCUT2D eigenvalue weighted by Crippen LogP contribution is 2.21. The van der Waals surface area contributed by atoms with Crippen LogP contribution in [0.3, 0.4) is 0 Å². The van der Waals surface area contributed by atoms with Gasteiger partial charge in [0, 0.05) is 11.8 Å². The molecular formula is C10H11NO2S. The summed E-state index contributed by atoms with van der Waals surface area (Å²) in [5, 5.41) is 10.7. The molecule has 0 spiro atoms. The van der Waals surface area contributed by atoms with Gasteiger partial charge in [0.1, 0.15) is 0 Å². The number of nitro benzene ring substituents is 1. The monoisotopic (exact) mass is 209 g/mol. The summed E-state index contributed by atoms with van der Waals surface area (Å²) in [6.07, 6.45) is 3.49. The number of nitrogens with zero attached hydrogens (tertiary/aromatic N) is 1. The maximum Gasteiger partial charge on any atom is 0.276 e. The van der Waals surface area contributed by atoms with Crippen molar-refractivity contribution in [3.63, 3.8) is 0 Å². The molecule has 0 radical (unpaired) electrons. The van der Waals surface area contributed by atoms with Crippen LogP contribution in [0.25, 0.3) is 6.08 Å². The third-order valence-electron chi connectivity index (χ3n) is 1.79. The molecule has 0 saturated heterocycles. The van der Waals surface area contributed by atoms with Crippen LogP contribution in [0.2, 0.25) is 0 Å². The SMILES string of the molecule is Cc1ccc(C=CCS)c([N+](=O)[O-])c1. The van der Waals surface area contributed by atoms with E-state index in [2.05, 4.69) is 12.6 Å². The van der Waals surface area contributed by atoms with Gasteiger partial charge in [0.05, 0.1) is 10.5 Å². The Balaban J connectivity index is 3.15. The Morgan fingerprint density at radius 3 is 2.86 bits per heavy atom. The second-order valence-corrected chi connectivity index (χ2v) is 3.27. The van der Waals surface area contributed by atoms with Gasteiger partial charge in [-0.15, -0.1) is 0 Å². The standard InChI is InChI=1S/C10H11NO2S/c1-8-4-5-9(3-2-6-14)10(7-8)11(12)13/h2-5,7,14H,6H2,1H3. The molecule has 1 aromatic rings. The predicted octanol–water partition coefficient (Wildman–Crippen LogP) is 2.85. The molecule has 0 N–H and O–H groups in total. The number of nitro groups is 1. The minimum absolute atomic E-state index is 0.142. The smallest absolute Gasteiger partial charge is 0.258 e. The summed E-state index contributed by atoms with van der Waals surface area (Å²) in [6, 6.07) is 5.16. The molecule has 0 fully saturated rings. The second-order valence-electron chi connectivity index (χ2n) is 2.90. The summed E-state index contributed by atoms with van der Waals surface area (Å²) in [5.41, 5.74) is 1.65. The van der Waals surface area contributed by atoms with Crippen LogP contribution in [-0.4, -0.2) is 10.7 Å². The average molecular weight is 209 g/mol. The highest BCUT2D eigenvalue weighted by molar-refractivity contribution is 7.80. The number of aryl methyl sites for hydroxylation is 1. The van der Waals surface area contributed by atoms with Crippen molar-refractivity contribution < 1.29 is 4.92 Å². The Morgan fingerprint density at radius 2 is 2.29 bits per heavy atom. The summed E-state index contributed by atoms with van der Waals surface area (Å²) in [6.45, 7) is 1.83. The fourth-order valence-corrected chi connectivity index (χ4v) is 1.24. The van der Waals surface area contributed by atoms with Crippen molar-refractivity contribution in [2.24, 2.45) is 0 Å². The average Bonchev–Trinajstić information content (AvgIpc) is 2.15. The van der Waals surface area contributed by atoms with Gasteiger partial charge in [-0.1, -0.05) is 18.2 Å². The molecule has 0 atom stereocenters. The van der Waals surface area contributed by atoms with Crippen molar-refractivity contribution in [3.05, 3.63) is 45.5 Å². The Kier molecular flexibility index (Phi) is 3.71. The first kappa shape index (κ1) is 10.8. The van der Waals surface area contributed by atoms with E-state index in [0.29, 0.717) is 11.3 Å². The van der Waals surface area contributed by atoms with Crippen LogP contribution < -0.4 is 0 Å². The van der Waals surface area contributed by atoms with Crippen molar-refractivity contribution in [2.45, 2.75) is 6.92 Å². The molecule has 0 aliphatic heterocycles. The number of hydrogen-bond donors (Lipinski definition) is 1. The van der Waals surface area contributed by atoms with Crippen molar-refractivity contribution in [2.75, 3.05) is 5.75 Å². The van der Waals surface area contributed by atoms with Gasteiger partial charge in [-0.25, -0.2) is 0 Å². The number of thiol groups is 1. The lowest BCUT2D eigenvalue weighted by atomic mass is 10.1. The summed E-state index contributed by atoms with van der Waals surface area (Å²) >= 11 is 4.00. The number of rotatable bonds is 3. The van der Waals surface area contributed by atoms with Crippen molar-refractivity contribution in [3.8, 4) is 0 Å². The first-order valence-electron chi connectivity index (χ1n) is 4.17. The zero-order chi connectivity index (χ0) is 10.6. The van der Waals surface area contributed by atoms with E-state index in [1.807, 2.05) is 13.0 Å². The van der Waals surface area contributed by atoms with Gasteiger partial charge in [-0.05, 0) is 18.6 Å². The Morgan fingerprint density at radius 1 is 1.57 bits per heavy atom. The third-order valence-corrected chi connectivity index (χ3v) is 2.00. The fraction of sp³-hybridized carbons (Fsp3) is 0.200. The van der Waals surface area contributed by atoms with E-state index >= 15 is 0 Å². The summed E-state index contributed by atoms with van der Waals surface area (Å²) in [7, 11) is 0. The van der Waals surface area contributed by atoms with Crippen LogP contribution in [0.1, 0.15) is 11.1 Å². The van der Waals surface area contributed by atoms with Gasteiger partial charge in [-0.2, -0.15) is 12.6 Å². The van der Waals surface area contributed by atoms with Crippen LogP contribution in [0.15, 0.2) is 24.3 Å². The molecule has 14 heavy (non-hydrogen) atoms. The minimum Gasteiger partial charge on any atom is -0.258 e. The quantitative estimate of drug-likeness (QED) is 0.472. The van der Waals surface area contributed by atoms with Gasteiger partial charge >= 0.3 is 0 Å². The maximum absolute atomic E-state index is 10.7. The molecule has 0 aliphatic rings. The van der Waals surface area contributed by atoms with E-state index in [9.17, 15) is 10.1 Å². The zero-order valence-electron chi connectivity index (χ0n) is 7.80. The molecule has 0 amide bonds. The summed E-state index contributed by atoms with van der Waals surface area (Å²) < 4.78 is 0. The third kappa shape index (κ3) is 2.60. The fourth-order valence-electron chi connectivity index (χ4n) is 1.13. The molecular weight excluding hydrogens is 198 g/mol. The lowest BCUT2D eigenvalue weighted by Crippen LogP contribution is -1.92. The highest BCUT2D eigenvalue weighted by Gasteiger charge is 2.10. The molecule has 4 heteroatoms. The van der Waals surface area contributed by atoms with Crippen molar-refractivity contribution >= 4 is 24.4 Å². The first-order valence-corrected chi connectivity index (χ1v) is 4.81. The van der Waals surface area contributed by atoms with E-state index in [4.69, 9.17) is 0 Å². The largest absolute Gasteiger partial charge is 0.276 e. The molecule has 0 bridgehead atoms. The van der Waals surface area contributed by atoms with Crippen LogP contribution in [0.5, 0.6) is 0 Å². The molecule has 74 valence electrons. The van der Waals surface area contributed by atoms with E-state index in [1.54, 1.807) is 24.3 Å². The van der Waals surface area contributed by atoms with Crippen LogP contribution in [0.4, 0.5) is 5.69 Å². The Hall–Kier alpha value is -1.29. The Bertz CT molecular complexity index is 374. The lowest BCUT2D eigenvalue weighted by Gasteiger charge is -1.98. The van der Waals surface area contributed by atoms with Crippen LogP contribution in [-0.2, 0) is 0 Å². The molecule has 0 heterocycles. The van der Waals surface area contributed by atoms with Crippen molar-refractivity contribution in [1.82, 2.24) is 0 Å². The zero-order valence-corrected chi connectivity index (χ0v) is 8.70. The van der Waals surface area contributed by atoms with Gasteiger partial charge in [-0.3, -0.25) is 10.1 Å². The second kappa shape index (κ2) is 4.81. The van der Waals surface area contributed by atoms with Crippen LogP contribution in [0, 0.1) is 17.0 Å². The summed E-state index contributed by atoms with van der Waals surface area (Å²) in [5.74, 6) is 0.574. The van der Waals surface area contributed by atoms with E-state index in [1.165, 1.54) is 0 Å². The first-order chi connectivity index (χ1) is 6.65. The van der Waals surface area contributed by atoms with Gasteiger partial charge in [0.25, 0.3) is 5.69 Å². The molecule has 3 nitrogen and oxygen atoms in total. The molecule has 1 aromatic carbocycles. The van der Waals surface area contributed by atoms with Gasteiger partial charge in [0.2, 0.25) is 0 Å². The molecule has 0 unspecified atom stereocenters. The van der Waals surface area contributed by atoms with E-state index < -0.39 is 0 Å². The minimum atomic E-state index is -0.370. The van der Waals surface area contributed by atoms with Crippen molar-refractivity contribution in [1.29, 1.82) is 0 Å². The molecule has 0 aliphatic carbocycles. The number of benzene rings is 1. The number of hydrogen-bond acceptors (Lipinski definition) is 3. The molecule has 1 rings (SSSR count). The maximum atomic E-state index is 10.7. The highest BCUT2D eigenvalue weighted by atomic mass is 32.1. The van der Waals surface area contributed by atoms with E-state index in [-0.39, 0.29) is 10.6 Å².